The highest BCUT2D eigenvalue weighted by Crippen LogP contribution is 2.14. The zero-order valence-corrected chi connectivity index (χ0v) is 15.9. The van der Waals surface area contributed by atoms with E-state index in [9.17, 15) is 4.79 Å². The van der Waals surface area contributed by atoms with Crippen LogP contribution in [-0.2, 0) is 11.3 Å². The van der Waals surface area contributed by atoms with Crippen molar-refractivity contribution in [2.75, 3.05) is 45.8 Å². The third-order valence-electron chi connectivity index (χ3n) is 5.15. The van der Waals surface area contributed by atoms with E-state index in [2.05, 4.69) is 32.2 Å². The van der Waals surface area contributed by atoms with Crippen molar-refractivity contribution in [2.45, 2.75) is 39.3 Å². The van der Waals surface area contributed by atoms with E-state index in [4.69, 9.17) is 4.52 Å². The second kappa shape index (κ2) is 9.02. The zero-order valence-electron chi connectivity index (χ0n) is 15.9. The van der Waals surface area contributed by atoms with Gasteiger partial charge in [0.1, 0.15) is 12.0 Å². The fourth-order valence-electron chi connectivity index (χ4n) is 3.58. The highest BCUT2D eigenvalue weighted by atomic mass is 16.5. The first-order valence-corrected chi connectivity index (χ1v) is 9.64. The first-order chi connectivity index (χ1) is 12.7. The topological polar surface area (TPSA) is 77.2 Å². The number of carbonyl (C=O) groups is 1. The van der Waals surface area contributed by atoms with Crippen molar-refractivity contribution in [2.24, 2.45) is 4.99 Å². The van der Waals surface area contributed by atoms with Gasteiger partial charge >= 0.3 is 0 Å². The van der Waals surface area contributed by atoms with E-state index in [1.165, 1.54) is 0 Å². The maximum atomic E-state index is 12.6. The lowest BCUT2D eigenvalue weighted by Gasteiger charge is -2.39. The maximum Gasteiger partial charge on any atom is 0.239 e. The molecule has 1 N–H and O–H groups in total. The minimum absolute atomic E-state index is 0.0371. The molecule has 0 aliphatic carbocycles. The van der Waals surface area contributed by atoms with Gasteiger partial charge in [-0.25, -0.2) is 4.99 Å². The number of piperazine rings is 1. The highest BCUT2D eigenvalue weighted by Gasteiger charge is 2.30. The normalized spacial score (nSPS) is 20.5. The lowest BCUT2D eigenvalue weighted by molar-refractivity contribution is -0.135. The molecule has 26 heavy (non-hydrogen) atoms. The molecule has 1 unspecified atom stereocenters. The van der Waals surface area contributed by atoms with E-state index in [-0.39, 0.29) is 11.9 Å². The fourth-order valence-corrected chi connectivity index (χ4v) is 3.58. The quantitative estimate of drug-likeness (QED) is 0.616. The van der Waals surface area contributed by atoms with Crippen LogP contribution in [0.25, 0.3) is 0 Å². The predicted octanol–water partition coefficient (Wildman–Crippen LogP) is 0.769. The summed E-state index contributed by atoms with van der Waals surface area (Å²) in [4.78, 5) is 23.8. The number of hydrogen-bond acceptors (Lipinski definition) is 5. The van der Waals surface area contributed by atoms with Crippen LogP contribution in [0.1, 0.15) is 32.4 Å². The van der Waals surface area contributed by atoms with Gasteiger partial charge < -0.3 is 19.6 Å². The van der Waals surface area contributed by atoms with Crippen LogP contribution in [-0.4, -0.2) is 83.6 Å². The Morgan fingerprint density at radius 3 is 2.58 bits per heavy atom. The summed E-state index contributed by atoms with van der Waals surface area (Å²) >= 11 is 0. The first kappa shape index (κ1) is 18.7. The standard InChI is InChI=1S/C18H30N6O2/c1-3-19-18(20-14-16-6-13-26-21-16)24-11-9-22(10-12-24)15(2)17(25)23-7-4-5-8-23/h6,13,15H,3-5,7-12,14H2,1-2H3,(H,19,20). The summed E-state index contributed by atoms with van der Waals surface area (Å²) in [7, 11) is 0. The molecule has 0 spiro atoms. The summed E-state index contributed by atoms with van der Waals surface area (Å²) in [6.45, 7) is 10.7. The molecule has 0 bridgehead atoms. The van der Waals surface area contributed by atoms with Crippen molar-refractivity contribution in [3.63, 3.8) is 0 Å². The number of amides is 1. The van der Waals surface area contributed by atoms with E-state index < -0.39 is 0 Å². The molecule has 8 heteroatoms. The number of aliphatic imine (C=N–C) groups is 1. The van der Waals surface area contributed by atoms with Crippen molar-refractivity contribution < 1.29 is 9.32 Å². The lowest BCUT2D eigenvalue weighted by Crippen LogP contribution is -2.57. The van der Waals surface area contributed by atoms with Crippen LogP contribution in [0.3, 0.4) is 0 Å². The van der Waals surface area contributed by atoms with Crippen LogP contribution in [0.4, 0.5) is 0 Å². The summed E-state index contributed by atoms with van der Waals surface area (Å²) in [6.07, 6.45) is 3.84. The molecule has 2 aliphatic heterocycles. The summed E-state index contributed by atoms with van der Waals surface area (Å²) in [5.74, 6) is 1.18. The van der Waals surface area contributed by atoms with Crippen molar-refractivity contribution in [1.82, 2.24) is 25.2 Å². The molecule has 3 rings (SSSR count). The Morgan fingerprint density at radius 2 is 1.96 bits per heavy atom. The number of carbonyl (C=O) groups excluding carboxylic acids is 1. The molecule has 8 nitrogen and oxygen atoms in total. The molecule has 0 radical (unpaired) electrons. The molecule has 2 saturated heterocycles. The Balaban J connectivity index is 1.53. The number of rotatable bonds is 5. The number of hydrogen-bond donors (Lipinski definition) is 1. The Morgan fingerprint density at radius 1 is 1.23 bits per heavy atom. The van der Waals surface area contributed by atoms with Crippen LogP contribution >= 0.6 is 0 Å². The minimum Gasteiger partial charge on any atom is -0.364 e. The van der Waals surface area contributed by atoms with Gasteiger partial charge in [-0.2, -0.15) is 0 Å². The Bertz CT molecular complexity index is 589. The van der Waals surface area contributed by atoms with Crippen LogP contribution in [0.5, 0.6) is 0 Å². The Labute approximate surface area is 155 Å². The van der Waals surface area contributed by atoms with Gasteiger partial charge in [0.25, 0.3) is 0 Å². The minimum atomic E-state index is -0.0371. The SMILES string of the molecule is CCNC(=NCc1ccon1)N1CCN(C(C)C(=O)N2CCCC2)CC1. The van der Waals surface area contributed by atoms with E-state index in [1.54, 1.807) is 6.26 Å². The van der Waals surface area contributed by atoms with Gasteiger partial charge in [-0.15, -0.1) is 0 Å². The van der Waals surface area contributed by atoms with Gasteiger partial charge in [0.15, 0.2) is 5.96 Å². The molecule has 2 aliphatic rings. The molecule has 0 aromatic carbocycles. The molecule has 3 heterocycles. The first-order valence-electron chi connectivity index (χ1n) is 9.64. The largest absolute Gasteiger partial charge is 0.364 e. The van der Waals surface area contributed by atoms with Crippen LogP contribution in [0, 0.1) is 0 Å². The number of likely N-dealkylation sites (tertiary alicyclic amines) is 1. The van der Waals surface area contributed by atoms with Crippen molar-refractivity contribution in [3.8, 4) is 0 Å². The predicted molar refractivity (Wildman–Crippen MR) is 99.7 cm³/mol. The van der Waals surface area contributed by atoms with Gasteiger partial charge in [0.2, 0.25) is 5.91 Å². The van der Waals surface area contributed by atoms with Crippen molar-refractivity contribution >= 4 is 11.9 Å². The summed E-state index contributed by atoms with van der Waals surface area (Å²) < 4.78 is 4.86. The molecule has 1 aromatic rings. The van der Waals surface area contributed by atoms with E-state index >= 15 is 0 Å². The highest BCUT2D eigenvalue weighted by molar-refractivity contribution is 5.82. The second-order valence-corrected chi connectivity index (χ2v) is 6.89. The molecule has 2 fully saturated rings. The van der Waals surface area contributed by atoms with E-state index in [1.807, 2.05) is 17.9 Å². The third-order valence-corrected chi connectivity index (χ3v) is 5.15. The zero-order chi connectivity index (χ0) is 18.4. The molecule has 1 aromatic heterocycles. The van der Waals surface area contributed by atoms with Crippen molar-refractivity contribution in [3.05, 3.63) is 18.0 Å². The average Bonchev–Trinajstić information content (AvgIpc) is 3.38. The van der Waals surface area contributed by atoms with E-state index in [0.717, 1.165) is 70.3 Å². The van der Waals surface area contributed by atoms with Crippen LogP contribution < -0.4 is 5.32 Å². The smallest absolute Gasteiger partial charge is 0.239 e. The molecular weight excluding hydrogens is 332 g/mol. The van der Waals surface area contributed by atoms with Gasteiger partial charge in [-0.3, -0.25) is 9.69 Å². The second-order valence-electron chi connectivity index (χ2n) is 6.89. The third kappa shape index (κ3) is 4.55. The summed E-state index contributed by atoms with van der Waals surface area (Å²) in [6, 6.07) is 1.79. The fraction of sp³-hybridized carbons (Fsp3) is 0.722. The van der Waals surface area contributed by atoms with Crippen LogP contribution in [0.2, 0.25) is 0 Å². The van der Waals surface area contributed by atoms with Gasteiger partial charge in [-0.05, 0) is 26.7 Å². The van der Waals surface area contributed by atoms with Gasteiger partial charge in [0, 0.05) is 51.9 Å². The molecule has 144 valence electrons. The average molecular weight is 362 g/mol. The molecular formula is C18H30N6O2. The van der Waals surface area contributed by atoms with Crippen LogP contribution in [0.15, 0.2) is 21.8 Å². The van der Waals surface area contributed by atoms with E-state index in [0.29, 0.717) is 6.54 Å². The maximum absolute atomic E-state index is 12.6. The molecule has 1 amide bonds. The number of aromatic nitrogens is 1. The number of nitrogens with zero attached hydrogens (tertiary/aromatic N) is 5. The Hall–Kier alpha value is -2.09. The summed E-state index contributed by atoms with van der Waals surface area (Å²) in [5, 5.41) is 7.26. The summed E-state index contributed by atoms with van der Waals surface area (Å²) in [5.41, 5.74) is 0.823. The van der Waals surface area contributed by atoms with Crippen molar-refractivity contribution in [1.29, 1.82) is 0 Å². The number of nitrogens with one attached hydrogen (secondary N) is 1. The van der Waals surface area contributed by atoms with Gasteiger partial charge in [0.05, 0.1) is 12.6 Å². The number of guanidine groups is 1. The Kier molecular flexibility index (Phi) is 6.49. The lowest BCUT2D eigenvalue weighted by atomic mass is 10.2. The monoisotopic (exact) mass is 362 g/mol. The van der Waals surface area contributed by atoms with Gasteiger partial charge in [-0.1, -0.05) is 5.16 Å². The molecule has 0 saturated carbocycles. The molecule has 1 atom stereocenters.